The molecule has 1 aromatic carbocycles. The van der Waals surface area contributed by atoms with Gasteiger partial charge in [0.2, 0.25) is 0 Å². The van der Waals surface area contributed by atoms with Crippen LogP contribution in [-0.2, 0) is 5.41 Å². The zero-order valence-electron chi connectivity index (χ0n) is 19.8. The van der Waals surface area contributed by atoms with Crippen molar-refractivity contribution in [2.45, 2.75) is 38.7 Å². The number of anilines is 3. The number of carbonyl (C=O) groups is 2. The van der Waals surface area contributed by atoms with Gasteiger partial charge in [-0.1, -0.05) is 25.9 Å². The van der Waals surface area contributed by atoms with Crippen molar-refractivity contribution < 1.29 is 18.8 Å². The Morgan fingerprint density at radius 1 is 1.06 bits per heavy atom. The topological polar surface area (TPSA) is 130 Å². The number of aromatic nitrogens is 2. The van der Waals surface area contributed by atoms with Gasteiger partial charge < -0.3 is 25.2 Å². The van der Waals surface area contributed by atoms with E-state index in [1.54, 1.807) is 48.7 Å². The number of benzene rings is 1. The van der Waals surface area contributed by atoms with Crippen LogP contribution in [0.3, 0.4) is 0 Å². The maximum absolute atomic E-state index is 12.5. The molecule has 0 spiro atoms. The van der Waals surface area contributed by atoms with Crippen LogP contribution in [0.4, 0.5) is 22.0 Å². The van der Waals surface area contributed by atoms with E-state index in [-0.39, 0.29) is 35.5 Å². The molecule has 35 heavy (non-hydrogen) atoms. The molecule has 1 atom stereocenters. The average Bonchev–Trinajstić information content (AvgIpc) is 3.48. The molecule has 0 saturated carbocycles. The first-order valence-corrected chi connectivity index (χ1v) is 11.1. The molecule has 2 aromatic heterocycles. The van der Waals surface area contributed by atoms with Crippen molar-refractivity contribution >= 4 is 41.5 Å². The van der Waals surface area contributed by atoms with E-state index < -0.39 is 6.03 Å². The Kier molecular flexibility index (Phi) is 8.31. The monoisotopic (exact) mass is 500 g/mol. The summed E-state index contributed by atoms with van der Waals surface area (Å²) in [6, 6.07) is 11.3. The number of hydrogen-bond acceptors (Lipinski definition) is 7. The number of carbonyl (C=O) groups excluding carboxylic acids is 2. The highest BCUT2D eigenvalue weighted by Crippen LogP contribution is 2.24. The van der Waals surface area contributed by atoms with E-state index in [0.29, 0.717) is 28.7 Å². The van der Waals surface area contributed by atoms with Crippen LogP contribution < -0.4 is 26.0 Å². The van der Waals surface area contributed by atoms with Crippen molar-refractivity contribution in [1.82, 2.24) is 15.5 Å². The SMILES string of the molecule is CC(C)(C)c1cc(NC(=O)Nc2ccc(NC(=O)c3ccc(OC4CCNC4)cn3)cc2)no1.Cl. The number of nitrogens with zero attached hydrogens (tertiary/aromatic N) is 2. The molecule has 4 N–H and O–H groups in total. The number of ether oxygens (including phenoxy) is 1. The zero-order chi connectivity index (χ0) is 24.1. The largest absolute Gasteiger partial charge is 0.487 e. The summed E-state index contributed by atoms with van der Waals surface area (Å²) in [5.74, 6) is 1.30. The Morgan fingerprint density at radius 2 is 1.77 bits per heavy atom. The van der Waals surface area contributed by atoms with Gasteiger partial charge in [-0.15, -0.1) is 12.4 Å². The number of halogens is 1. The van der Waals surface area contributed by atoms with Gasteiger partial charge in [0.1, 0.15) is 23.3 Å². The molecule has 3 amide bonds. The second-order valence-corrected chi connectivity index (χ2v) is 9.05. The number of hydrogen-bond donors (Lipinski definition) is 4. The first kappa shape index (κ1) is 26.0. The highest BCUT2D eigenvalue weighted by atomic mass is 35.5. The van der Waals surface area contributed by atoms with Gasteiger partial charge in [0.25, 0.3) is 5.91 Å². The maximum Gasteiger partial charge on any atom is 0.324 e. The van der Waals surface area contributed by atoms with Crippen molar-refractivity contribution in [3.05, 3.63) is 60.1 Å². The molecule has 11 heteroatoms. The molecule has 1 aliphatic heterocycles. The predicted octanol–water partition coefficient (Wildman–Crippen LogP) is 4.43. The third-order valence-corrected chi connectivity index (χ3v) is 5.18. The van der Waals surface area contributed by atoms with Crippen LogP contribution in [0.25, 0.3) is 0 Å². The molecule has 1 unspecified atom stereocenters. The standard InChI is InChI=1S/C24H28N6O4.ClH/c1-24(2,3)20-12-21(30-34-20)29-23(32)28-16-6-4-15(5-7-16)27-22(31)19-9-8-17(14-26-19)33-18-10-11-25-13-18;/h4-9,12,14,18,25H,10-11,13H2,1-3H3,(H,27,31)(H2,28,29,30,32);1H. The van der Waals surface area contributed by atoms with E-state index in [2.05, 4.69) is 31.4 Å². The van der Waals surface area contributed by atoms with E-state index >= 15 is 0 Å². The summed E-state index contributed by atoms with van der Waals surface area (Å²) in [6.07, 6.45) is 2.64. The minimum absolute atomic E-state index is 0. The van der Waals surface area contributed by atoms with Gasteiger partial charge in [-0.05, 0) is 49.4 Å². The fourth-order valence-electron chi connectivity index (χ4n) is 3.30. The summed E-state index contributed by atoms with van der Waals surface area (Å²) in [5.41, 5.74) is 1.19. The minimum atomic E-state index is -0.453. The molecule has 1 saturated heterocycles. The van der Waals surface area contributed by atoms with Crippen molar-refractivity contribution in [3.63, 3.8) is 0 Å². The highest BCUT2D eigenvalue weighted by molar-refractivity contribution is 6.03. The normalized spacial score (nSPS) is 15.1. The van der Waals surface area contributed by atoms with Crippen molar-refractivity contribution in [2.75, 3.05) is 29.0 Å². The fourth-order valence-corrected chi connectivity index (χ4v) is 3.30. The number of nitrogens with one attached hydrogen (secondary N) is 4. The molecule has 3 heterocycles. The molecule has 4 rings (SSSR count). The Bertz CT molecular complexity index is 1140. The van der Waals surface area contributed by atoms with Crippen LogP contribution in [0.15, 0.2) is 53.2 Å². The predicted molar refractivity (Wildman–Crippen MR) is 136 cm³/mol. The lowest BCUT2D eigenvalue weighted by molar-refractivity contribution is 0.102. The van der Waals surface area contributed by atoms with E-state index in [4.69, 9.17) is 9.26 Å². The summed E-state index contributed by atoms with van der Waals surface area (Å²) in [7, 11) is 0. The fraction of sp³-hybridized carbons (Fsp3) is 0.333. The second-order valence-electron chi connectivity index (χ2n) is 9.05. The molecule has 1 fully saturated rings. The van der Waals surface area contributed by atoms with E-state index in [1.807, 2.05) is 20.8 Å². The third-order valence-electron chi connectivity index (χ3n) is 5.18. The summed E-state index contributed by atoms with van der Waals surface area (Å²) in [6.45, 7) is 7.73. The van der Waals surface area contributed by atoms with Crippen LogP contribution in [0.5, 0.6) is 5.75 Å². The van der Waals surface area contributed by atoms with Crippen molar-refractivity contribution in [2.24, 2.45) is 0 Å². The average molecular weight is 501 g/mol. The summed E-state index contributed by atoms with van der Waals surface area (Å²) in [5, 5.41) is 15.2. The van der Waals surface area contributed by atoms with Crippen molar-refractivity contribution in [1.29, 1.82) is 0 Å². The lowest BCUT2D eigenvalue weighted by Gasteiger charge is -2.12. The molecule has 3 aromatic rings. The molecule has 0 radical (unpaired) electrons. The van der Waals surface area contributed by atoms with Gasteiger partial charge in [-0.25, -0.2) is 9.78 Å². The quantitative estimate of drug-likeness (QED) is 0.394. The Hall–Kier alpha value is -3.63. The molecule has 1 aliphatic rings. The zero-order valence-corrected chi connectivity index (χ0v) is 20.6. The van der Waals surface area contributed by atoms with Gasteiger partial charge in [-0.3, -0.25) is 10.1 Å². The third kappa shape index (κ3) is 7.17. The highest BCUT2D eigenvalue weighted by Gasteiger charge is 2.20. The number of urea groups is 1. The first-order valence-electron chi connectivity index (χ1n) is 11.1. The van der Waals surface area contributed by atoms with Gasteiger partial charge in [0.15, 0.2) is 5.82 Å². The molecule has 0 aliphatic carbocycles. The van der Waals surface area contributed by atoms with E-state index in [9.17, 15) is 9.59 Å². The van der Waals surface area contributed by atoms with Crippen LogP contribution in [0.2, 0.25) is 0 Å². The van der Waals surface area contributed by atoms with E-state index in [0.717, 1.165) is 19.5 Å². The van der Waals surface area contributed by atoms with Crippen LogP contribution in [0.1, 0.15) is 43.4 Å². The lowest BCUT2D eigenvalue weighted by Crippen LogP contribution is -2.20. The Labute approximate surface area is 209 Å². The minimum Gasteiger partial charge on any atom is -0.487 e. The van der Waals surface area contributed by atoms with Crippen LogP contribution >= 0.6 is 12.4 Å². The molecule has 0 bridgehead atoms. The molecule has 10 nitrogen and oxygen atoms in total. The van der Waals surface area contributed by atoms with E-state index in [1.165, 1.54) is 0 Å². The maximum atomic E-state index is 12.5. The van der Waals surface area contributed by atoms with Crippen LogP contribution in [-0.4, -0.2) is 41.3 Å². The summed E-state index contributed by atoms with van der Waals surface area (Å²) in [4.78, 5) is 28.9. The molecule has 186 valence electrons. The lowest BCUT2D eigenvalue weighted by atomic mass is 9.93. The Balaban J connectivity index is 0.00000342. The molecular weight excluding hydrogens is 472 g/mol. The Morgan fingerprint density at radius 3 is 2.34 bits per heavy atom. The van der Waals surface area contributed by atoms with Crippen LogP contribution in [0, 0.1) is 0 Å². The molecular formula is C24H29ClN6O4. The number of rotatable bonds is 6. The number of amides is 3. The second kappa shape index (κ2) is 11.2. The summed E-state index contributed by atoms with van der Waals surface area (Å²) >= 11 is 0. The van der Waals surface area contributed by atoms with Gasteiger partial charge in [0, 0.05) is 29.4 Å². The van der Waals surface area contributed by atoms with Gasteiger partial charge in [0.05, 0.1) is 6.20 Å². The van der Waals surface area contributed by atoms with Gasteiger partial charge >= 0.3 is 6.03 Å². The first-order chi connectivity index (χ1) is 16.3. The smallest absolute Gasteiger partial charge is 0.324 e. The number of pyridine rings is 1. The van der Waals surface area contributed by atoms with Gasteiger partial charge in [-0.2, -0.15) is 0 Å². The van der Waals surface area contributed by atoms with Crippen molar-refractivity contribution in [3.8, 4) is 5.75 Å². The summed E-state index contributed by atoms with van der Waals surface area (Å²) < 4.78 is 11.1.